The minimum atomic E-state index is -0.527. The number of carbonyl (C=O) groups is 1. The van der Waals surface area contributed by atoms with Crippen molar-refractivity contribution in [1.29, 1.82) is 0 Å². The fourth-order valence-corrected chi connectivity index (χ4v) is 3.48. The van der Waals surface area contributed by atoms with Gasteiger partial charge in [0, 0.05) is 31.2 Å². The Kier molecular flexibility index (Phi) is 7.46. The highest BCUT2D eigenvalue weighted by molar-refractivity contribution is 5.94. The Labute approximate surface area is 167 Å². The molecule has 3 rings (SSSR count). The Morgan fingerprint density at radius 3 is 2.46 bits per heavy atom. The van der Waals surface area contributed by atoms with Gasteiger partial charge in [-0.3, -0.25) is 4.79 Å². The number of likely N-dealkylation sites (tertiary alicyclic amines) is 1. The number of β-amino-alcohol motifs (C(OH)–C–C–N with tert-alkyl or cyclic N) is 1. The first kappa shape index (κ1) is 20.4. The lowest BCUT2D eigenvalue weighted by molar-refractivity contribution is 0.0568. The maximum absolute atomic E-state index is 12.3. The predicted molar refractivity (Wildman–Crippen MR) is 111 cm³/mol. The van der Waals surface area contributed by atoms with Crippen molar-refractivity contribution >= 4 is 5.91 Å². The molecular weight excluding hydrogens is 352 g/mol. The molecule has 1 fully saturated rings. The number of aryl methyl sites for hydroxylation is 1. The van der Waals surface area contributed by atoms with Crippen LogP contribution >= 0.6 is 0 Å². The molecule has 5 heteroatoms. The van der Waals surface area contributed by atoms with E-state index in [2.05, 4.69) is 29.3 Å². The van der Waals surface area contributed by atoms with Gasteiger partial charge in [-0.25, -0.2) is 0 Å². The number of nitrogens with one attached hydrogen (secondary N) is 1. The summed E-state index contributed by atoms with van der Waals surface area (Å²) in [5.41, 5.74) is 1.97. The van der Waals surface area contributed by atoms with Crippen molar-refractivity contribution < 1.29 is 14.6 Å². The van der Waals surface area contributed by atoms with Crippen LogP contribution in [0.4, 0.5) is 0 Å². The van der Waals surface area contributed by atoms with Crippen LogP contribution < -0.4 is 10.1 Å². The van der Waals surface area contributed by atoms with E-state index in [9.17, 15) is 9.90 Å². The number of piperidine rings is 1. The van der Waals surface area contributed by atoms with Gasteiger partial charge in [-0.2, -0.15) is 0 Å². The standard InChI is InChI=1S/C23H30N2O3/c1-2-18-8-10-22(11-9-18)28-17-21(26)16-25-14-12-20(13-15-25)24-23(27)19-6-4-3-5-7-19/h3-11,20-21,26H,2,12-17H2,1H3,(H,24,27). The molecule has 1 atom stereocenters. The van der Waals surface area contributed by atoms with E-state index in [-0.39, 0.29) is 18.6 Å². The van der Waals surface area contributed by atoms with Crippen LogP contribution in [0.5, 0.6) is 5.75 Å². The average molecular weight is 383 g/mol. The summed E-state index contributed by atoms with van der Waals surface area (Å²) >= 11 is 0. The number of hydrogen-bond donors (Lipinski definition) is 2. The van der Waals surface area contributed by atoms with Crippen molar-refractivity contribution in [1.82, 2.24) is 10.2 Å². The van der Waals surface area contributed by atoms with E-state index in [1.165, 1.54) is 5.56 Å². The number of rotatable bonds is 8. The number of carbonyl (C=O) groups excluding carboxylic acids is 1. The molecule has 5 nitrogen and oxygen atoms in total. The molecule has 0 aliphatic carbocycles. The zero-order valence-electron chi connectivity index (χ0n) is 16.5. The second-order valence-electron chi connectivity index (χ2n) is 7.38. The highest BCUT2D eigenvalue weighted by atomic mass is 16.5. The molecular formula is C23H30N2O3. The van der Waals surface area contributed by atoms with Gasteiger partial charge in [-0.05, 0) is 49.1 Å². The fraction of sp³-hybridized carbons (Fsp3) is 0.435. The Morgan fingerprint density at radius 2 is 1.82 bits per heavy atom. The molecule has 1 saturated heterocycles. The van der Waals surface area contributed by atoms with Gasteiger partial charge in [-0.1, -0.05) is 37.3 Å². The zero-order valence-corrected chi connectivity index (χ0v) is 16.5. The van der Waals surface area contributed by atoms with E-state index < -0.39 is 6.10 Å². The first-order chi connectivity index (χ1) is 13.6. The van der Waals surface area contributed by atoms with E-state index in [0.717, 1.165) is 38.1 Å². The van der Waals surface area contributed by atoms with Crippen LogP contribution in [0.2, 0.25) is 0 Å². The Bertz CT molecular complexity index is 725. The van der Waals surface area contributed by atoms with Gasteiger partial charge >= 0.3 is 0 Å². The molecule has 1 heterocycles. The van der Waals surface area contributed by atoms with Crippen molar-refractivity contribution in [2.75, 3.05) is 26.2 Å². The number of nitrogens with zero attached hydrogens (tertiary/aromatic N) is 1. The second kappa shape index (κ2) is 10.2. The minimum absolute atomic E-state index is 0.0124. The summed E-state index contributed by atoms with van der Waals surface area (Å²) in [6.07, 6.45) is 2.27. The van der Waals surface area contributed by atoms with E-state index >= 15 is 0 Å². The van der Waals surface area contributed by atoms with Crippen LogP contribution in [0.15, 0.2) is 54.6 Å². The number of aliphatic hydroxyl groups is 1. The first-order valence-corrected chi connectivity index (χ1v) is 10.1. The second-order valence-corrected chi connectivity index (χ2v) is 7.38. The molecule has 0 saturated carbocycles. The smallest absolute Gasteiger partial charge is 0.251 e. The zero-order chi connectivity index (χ0) is 19.8. The van der Waals surface area contributed by atoms with E-state index in [4.69, 9.17) is 4.74 Å². The molecule has 28 heavy (non-hydrogen) atoms. The summed E-state index contributed by atoms with van der Waals surface area (Å²) in [6, 6.07) is 17.5. The molecule has 0 spiro atoms. The third-order valence-corrected chi connectivity index (χ3v) is 5.20. The van der Waals surface area contributed by atoms with Crippen molar-refractivity contribution in [2.45, 2.75) is 38.3 Å². The lowest BCUT2D eigenvalue weighted by Crippen LogP contribution is -2.47. The number of aliphatic hydroxyl groups excluding tert-OH is 1. The van der Waals surface area contributed by atoms with E-state index in [0.29, 0.717) is 12.1 Å². The van der Waals surface area contributed by atoms with Gasteiger partial charge in [0.1, 0.15) is 18.5 Å². The third-order valence-electron chi connectivity index (χ3n) is 5.20. The van der Waals surface area contributed by atoms with Crippen LogP contribution in [0.1, 0.15) is 35.7 Å². The van der Waals surface area contributed by atoms with Crippen LogP contribution in [-0.2, 0) is 6.42 Å². The fourth-order valence-electron chi connectivity index (χ4n) is 3.48. The lowest BCUT2D eigenvalue weighted by Gasteiger charge is -2.33. The van der Waals surface area contributed by atoms with E-state index in [1.54, 1.807) is 0 Å². The van der Waals surface area contributed by atoms with Gasteiger partial charge < -0.3 is 20.1 Å². The SMILES string of the molecule is CCc1ccc(OCC(O)CN2CCC(NC(=O)c3ccccc3)CC2)cc1. The molecule has 1 aliphatic heterocycles. The average Bonchev–Trinajstić information content (AvgIpc) is 2.74. The van der Waals surface area contributed by atoms with Crippen molar-refractivity contribution in [3.05, 3.63) is 65.7 Å². The van der Waals surface area contributed by atoms with Gasteiger partial charge in [0.15, 0.2) is 0 Å². The summed E-state index contributed by atoms with van der Waals surface area (Å²) < 4.78 is 5.70. The molecule has 150 valence electrons. The highest BCUT2D eigenvalue weighted by Crippen LogP contribution is 2.14. The number of hydrogen-bond acceptors (Lipinski definition) is 4. The summed E-state index contributed by atoms with van der Waals surface area (Å²) in [6.45, 7) is 4.72. The first-order valence-electron chi connectivity index (χ1n) is 10.1. The molecule has 0 aromatic heterocycles. The topological polar surface area (TPSA) is 61.8 Å². The molecule has 1 unspecified atom stereocenters. The molecule has 2 aromatic carbocycles. The third kappa shape index (κ3) is 6.08. The molecule has 2 N–H and O–H groups in total. The minimum Gasteiger partial charge on any atom is -0.491 e. The maximum Gasteiger partial charge on any atom is 0.251 e. The number of ether oxygens (including phenoxy) is 1. The van der Waals surface area contributed by atoms with Crippen LogP contribution in [0.25, 0.3) is 0 Å². The predicted octanol–water partition coefficient (Wildman–Crippen LogP) is 2.88. The van der Waals surface area contributed by atoms with Crippen LogP contribution in [0, 0.1) is 0 Å². The highest BCUT2D eigenvalue weighted by Gasteiger charge is 2.22. The summed E-state index contributed by atoms with van der Waals surface area (Å²) in [5, 5.41) is 13.4. The summed E-state index contributed by atoms with van der Waals surface area (Å²) in [4.78, 5) is 14.5. The van der Waals surface area contributed by atoms with Crippen molar-refractivity contribution in [2.24, 2.45) is 0 Å². The van der Waals surface area contributed by atoms with Gasteiger partial charge in [0.05, 0.1) is 0 Å². The lowest BCUT2D eigenvalue weighted by atomic mass is 10.0. The Morgan fingerprint density at radius 1 is 1.14 bits per heavy atom. The Hall–Kier alpha value is -2.37. The largest absolute Gasteiger partial charge is 0.491 e. The summed E-state index contributed by atoms with van der Waals surface area (Å²) in [7, 11) is 0. The normalized spacial score (nSPS) is 16.5. The van der Waals surface area contributed by atoms with Crippen LogP contribution in [0.3, 0.4) is 0 Å². The van der Waals surface area contributed by atoms with Gasteiger partial charge in [0.25, 0.3) is 5.91 Å². The molecule has 2 aromatic rings. The molecule has 0 radical (unpaired) electrons. The molecule has 1 amide bonds. The Balaban J connectivity index is 1.35. The van der Waals surface area contributed by atoms with E-state index in [1.807, 2.05) is 42.5 Å². The van der Waals surface area contributed by atoms with Crippen molar-refractivity contribution in [3.63, 3.8) is 0 Å². The maximum atomic E-state index is 12.3. The summed E-state index contributed by atoms with van der Waals surface area (Å²) in [5.74, 6) is 0.778. The van der Waals surface area contributed by atoms with Gasteiger partial charge in [0.2, 0.25) is 0 Å². The van der Waals surface area contributed by atoms with Crippen molar-refractivity contribution in [3.8, 4) is 5.75 Å². The number of amides is 1. The quantitative estimate of drug-likeness (QED) is 0.737. The monoisotopic (exact) mass is 382 g/mol. The number of benzene rings is 2. The van der Waals surface area contributed by atoms with Gasteiger partial charge in [-0.15, -0.1) is 0 Å². The molecule has 0 bridgehead atoms. The van der Waals surface area contributed by atoms with Crippen LogP contribution in [-0.4, -0.2) is 54.3 Å². The molecule has 1 aliphatic rings.